The van der Waals surface area contributed by atoms with Gasteiger partial charge in [0.25, 0.3) is 0 Å². The maximum atomic E-state index is 12.8. The van der Waals surface area contributed by atoms with Gasteiger partial charge in [-0.05, 0) is 44.9 Å². The minimum Gasteiger partial charge on any atom is -0.367 e. The van der Waals surface area contributed by atoms with Gasteiger partial charge >= 0.3 is 0 Å². The van der Waals surface area contributed by atoms with E-state index >= 15 is 0 Å². The predicted molar refractivity (Wildman–Crippen MR) is 73.7 cm³/mol. The second-order valence-electron chi connectivity index (χ2n) is 4.88. The average molecular weight is 262 g/mol. The van der Waals surface area contributed by atoms with E-state index in [4.69, 9.17) is 0 Å². The zero-order valence-electron chi connectivity index (χ0n) is 11.7. The third-order valence-electron chi connectivity index (χ3n) is 3.29. The smallest absolute Gasteiger partial charge is 0.141 e. The molecule has 5 heteroatoms. The summed E-state index contributed by atoms with van der Waals surface area (Å²) < 4.78 is 14.7. The Morgan fingerprint density at radius 3 is 2.63 bits per heavy atom. The highest BCUT2D eigenvalue weighted by molar-refractivity contribution is 5.36. The van der Waals surface area contributed by atoms with Gasteiger partial charge in [-0.25, -0.2) is 9.37 Å². The highest BCUT2D eigenvalue weighted by atomic mass is 19.1. The molecule has 0 aliphatic heterocycles. The number of halogens is 1. The van der Waals surface area contributed by atoms with E-state index in [1.807, 2.05) is 18.7 Å². The Hall–Kier alpha value is -1.91. The molecule has 0 bridgehead atoms. The van der Waals surface area contributed by atoms with Crippen LogP contribution in [0.5, 0.6) is 0 Å². The number of aryl methyl sites for hydroxylation is 2. The third kappa shape index (κ3) is 3.10. The Labute approximate surface area is 112 Å². The lowest BCUT2D eigenvalue weighted by molar-refractivity contribution is 0.621. The number of rotatable bonds is 4. The van der Waals surface area contributed by atoms with Gasteiger partial charge in [-0.2, -0.15) is 5.10 Å². The molecule has 0 fully saturated rings. The van der Waals surface area contributed by atoms with E-state index in [0.717, 1.165) is 12.1 Å². The molecular weight excluding hydrogens is 243 g/mol. The van der Waals surface area contributed by atoms with Crippen LogP contribution in [0.25, 0.3) is 0 Å². The normalized spacial score (nSPS) is 12.5. The van der Waals surface area contributed by atoms with E-state index in [-0.39, 0.29) is 11.9 Å². The summed E-state index contributed by atoms with van der Waals surface area (Å²) in [4.78, 5) is 4.00. The Bertz CT molecular complexity index is 560. The summed E-state index contributed by atoms with van der Waals surface area (Å²) in [5, 5.41) is 7.67. The first-order valence-electron chi connectivity index (χ1n) is 6.34. The van der Waals surface area contributed by atoms with E-state index in [1.54, 1.807) is 6.07 Å². The van der Waals surface area contributed by atoms with Crippen molar-refractivity contribution in [2.45, 2.75) is 33.2 Å². The van der Waals surface area contributed by atoms with Gasteiger partial charge in [-0.1, -0.05) is 0 Å². The third-order valence-corrected chi connectivity index (χ3v) is 3.29. The number of anilines is 1. The zero-order chi connectivity index (χ0) is 14.0. The van der Waals surface area contributed by atoms with Crippen LogP contribution >= 0.6 is 0 Å². The molecule has 2 heterocycles. The molecule has 2 aromatic rings. The minimum absolute atomic E-state index is 0.208. The predicted octanol–water partition coefficient (Wildman–Crippen LogP) is 2.61. The fourth-order valence-corrected chi connectivity index (χ4v) is 2.18. The molecule has 19 heavy (non-hydrogen) atoms. The molecule has 2 rings (SSSR count). The summed E-state index contributed by atoms with van der Waals surface area (Å²) in [5.41, 5.74) is 3.49. The van der Waals surface area contributed by atoms with Crippen molar-refractivity contribution < 1.29 is 4.39 Å². The summed E-state index contributed by atoms with van der Waals surface area (Å²) in [7, 11) is 1.95. The maximum absolute atomic E-state index is 12.8. The molecule has 4 nitrogen and oxygen atoms in total. The molecule has 0 spiro atoms. The largest absolute Gasteiger partial charge is 0.367 e. The van der Waals surface area contributed by atoms with Gasteiger partial charge in [-0.15, -0.1) is 0 Å². The quantitative estimate of drug-likeness (QED) is 0.921. The Morgan fingerprint density at radius 1 is 1.37 bits per heavy atom. The van der Waals surface area contributed by atoms with Crippen LogP contribution in [0.1, 0.15) is 23.9 Å². The van der Waals surface area contributed by atoms with Crippen molar-refractivity contribution in [1.82, 2.24) is 14.8 Å². The van der Waals surface area contributed by atoms with Crippen LogP contribution < -0.4 is 5.32 Å². The lowest BCUT2D eigenvalue weighted by Crippen LogP contribution is -2.19. The summed E-state index contributed by atoms with van der Waals surface area (Å²) >= 11 is 0. The number of hydrogen-bond acceptors (Lipinski definition) is 3. The van der Waals surface area contributed by atoms with Crippen molar-refractivity contribution in [2.75, 3.05) is 5.32 Å². The molecule has 0 aromatic carbocycles. The van der Waals surface area contributed by atoms with Crippen LogP contribution in [-0.4, -0.2) is 20.8 Å². The molecule has 1 atom stereocenters. The van der Waals surface area contributed by atoms with Crippen LogP contribution in [0.4, 0.5) is 10.2 Å². The summed E-state index contributed by atoms with van der Waals surface area (Å²) in [6, 6.07) is 3.26. The second kappa shape index (κ2) is 5.38. The Balaban J connectivity index is 2.05. The number of pyridine rings is 1. The molecule has 0 aliphatic rings. The van der Waals surface area contributed by atoms with Crippen LogP contribution in [0.3, 0.4) is 0 Å². The van der Waals surface area contributed by atoms with Crippen molar-refractivity contribution in [3.05, 3.63) is 41.1 Å². The fourth-order valence-electron chi connectivity index (χ4n) is 2.18. The van der Waals surface area contributed by atoms with Gasteiger partial charge < -0.3 is 5.32 Å². The number of hydrogen-bond donors (Lipinski definition) is 1. The lowest BCUT2D eigenvalue weighted by atomic mass is 10.1. The first kappa shape index (κ1) is 13.5. The number of aromatic nitrogens is 3. The van der Waals surface area contributed by atoms with E-state index in [0.29, 0.717) is 5.82 Å². The average Bonchev–Trinajstić information content (AvgIpc) is 2.59. The van der Waals surface area contributed by atoms with Gasteiger partial charge in [0.1, 0.15) is 11.6 Å². The Morgan fingerprint density at radius 2 is 2.11 bits per heavy atom. The van der Waals surface area contributed by atoms with Crippen molar-refractivity contribution in [3.63, 3.8) is 0 Å². The number of nitrogens with one attached hydrogen (secondary N) is 1. The van der Waals surface area contributed by atoms with E-state index in [2.05, 4.69) is 29.2 Å². The summed E-state index contributed by atoms with van der Waals surface area (Å²) in [5.74, 6) is 0.366. The van der Waals surface area contributed by atoms with Crippen LogP contribution in [0.2, 0.25) is 0 Å². The second-order valence-corrected chi connectivity index (χ2v) is 4.88. The molecule has 0 radical (unpaired) electrons. The van der Waals surface area contributed by atoms with Crippen molar-refractivity contribution in [2.24, 2.45) is 7.05 Å². The van der Waals surface area contributed by atoms with Gasteiger partial charge in [0, 0.05) is 18.8 Å². The monoisotopic (exact) mass is 262 g/mol. The molecule has 0 amide bonds. The zero-order valence-corrected chi connectivity index (χ0v) is 11.7. The highest BCUT2D eigenvalue weighted by Crippen LogP contribution is 2.16. The van der Waals surface area contributed by atoms with Crippen LogP contribution in [-0.2, 0) is 13.5 Å². The lowest BCUT2D eigenvalue weighted by Gasteiger charge is -2.14. The van der Waals surface area contributed by atoms with E-state index in [1.165, 1.54) is 23.5 Å². The standard InChI is InChI=1S/C14H19FN4/c1-9(17-14-6-5-12(15)8-16-14)7-13-10(2)18-19(4)11(13)3/h5-6,8-9H,7H2,1-4H3,(H,16,17). The van der Waals surface area contributed by atoms with Gasteiger partial charge in [0.05, 0.1) is 11.9 Å². The molecular formula is C14H19FN4. The fraction of sp³-hybridized carbons (Fsp3) is 0.429. The molecule has 0 saturated carbocycles. The summed E-state index contributed by atoms with van der Waals surface area (Å²) in [6.45, 7) is 6.17. The van der Waals surface area contributed by atoms with Gasteiger partial charge in [-0.3, -0.25) is 4.68 Å². The van der Waals surface area contributed by atoms with E-state index < -0.39 is 0 Å². The molecule has 1 N–H and O–H groups in total. The van der Waals surface area contributed by atoms with Gasteiger partial charge in [0.2, 0.25) is 0 Å². The van der Waals surface area contributed by atoms with Crippen LogP contribution in [0, 0.1) is 19.7 Å². The molecule has 0 saturated heterocycles. The molecule has 1 unspecified atom stereocenters. The van der Waals surface area contributed by atoms with E-state index in [9.17, 15) is 4.39 Å². The van der Waals surface area contributed by atoms with Crippen molar-refractivity contribution >= 4 is 5.82 Å². The molecule has 102 valence electrons. The first-order chi connectivity index (χ1) is 8.97. The minimum atomic E-state index is -0.322. The van der Waals surface area contributed by atoms with Gasteiger partial charge in [0.15, 0.2) is 0 Å². The van der Waals surface area contributed by atoms with Crippen LogP contribution in [0.15, 0.2) is 18.3 Å². The SMILES string of the molecule is Cc1nn(C)c(C)c1CC(C)Nc1ccc(F)cn1. The topological polar surface area (TPSA) is 42.7 Å². The Kier molecular flexibility index (Phi) is 3.83. The van der Waals surface area contributed by atoms with Crippen molar-refractivity contribution in [1.29, 1.82) is 0 Å². The molecule has 0 aliphatic carbocycles. The number of nitrogens with zero attached hydrogens (tertiary/aromatic N) is 3. The maximum Gasteiger partial charge on any atom is 0.141 e. The first-order valence-corrected chi connectivity index (χ1v) is 6.34. The highest BCUT2D eigenvalue weighted by Gasteiger charge is 2.13. The molecule has 2 aromatic heterocycles. The van der Waals surface area contributed by atoms with Crippen molar-refractivity contribution in [3.8, 4) is 0 Å². The summed E-state index contributed by atoms with van der Waals surface area (Å²) in [6.07, 6.45) is 2.08.